The second-order valence-corrected chi connectivity index (χ2v) is 8.18. The van der Waals surface area contributed by atoms with E-state index in [1.54, 1.807) is 9.58 Å². The van der Waals surface area contributed by atoms with Crippen LogP contribution in [0.4, 0.5) is 4.79 Å². The smallest absolute Gasteiger partial charge is 0.410 e. The van der Waals surface area contributed by atoms with Crippen LogP contribution in [-0.2, 0) is 23.1 Å². The number of hydrogen-bond acceptors (Lipinski definition) is 4. The average Bonchev–Trinajstić information content (AvgIpc) is 2.77. The fraction of sp³-hybridized carbons (Fsp3) is 0.778. The molecule has 1 aromatic heterocycles. The van der Waals surface area contributed by atoms with Crippen molar-refractivity contribution in [3.8, 4) is 0 Å². The Morgan fingerprint density at radius 1 is 1.40 bits per heavy atom. The first-order chi connectivity index (χ1) is 11.6. The number of piperidine rings is 1. The molecule has 0 aromatic carbocycles. The summed E-state index contributed by atoms with van der Waals surface area (Å²) in [6.45, 7) is 11.2. The molecule has 25 heavy (non-hydrogen) atoms. The average molecular weight is 372 g/mol. The van der Waals surface area contributed by atoms with Crippen molar-refractivity contribution in [2.24, 2.45) is 7.05 Å². The molecule has 0 bridgehead atoms. The predicted molar refractivity (Wildman–Crippen MR) is 97.8 cm³/mol. The second-order valence-electron chi connectivity index (χ2n) is 7.80. The van der Waals surface area contributed by atoms with E-state index in [0.717, 1.165) is 30.7 Å². The SMILES string of the molecule is CCC1(OCc2c(Cl)c(C)nn2C)CCCN(C(=O)OC(C)(C)C)C1. The van der Waals surface area contributed by atoms with Gasteiger partial charge >= 0.3 is 6.09 Å². The Labute approximate surface area is 155 Å². The van der Waals surface area contributed by atoms with E-state index in [0.29, 0.717) is 24.7 Å². The number of nitrogens with zero attached hydrogens (tertiary/aromatic N) is 3. The number of carbonyl (C=O) groups is 1. The van der Waals surface area contributed by atoms with Crippen molar-refractivity contribution in [2.45, 2.75) is 71.7 Å². The molecule has 0 radical (unpaired) electrons. The number of amides is 1. The highest BCUT2D eigenvalue weighted by molar-refractivity contribution is 6.31. The van der Waals surface area contributed by atoms with E-state index >= 15 is 0 Å². The topological polar surface area (TPSA) is 56.6 Å². The second kappa shape index (κ2) is 7.54. The van der Waals surface area contributed by atoms with Gasteiger partial charge in [0.1, 0.15) is 5.60 Å². The lowest BCUT2D eigenvalue weighted by atomic mass is 9.90. The highest BCUT2D eigenvalue weighted by Gasteiger charge is 2.38. The molecule has 1 aliphatic rings. The largest absolute Gasteiger partial charge is 0.444 e. The Bertz CT molecular complexity index is 624. The van der Waals surface area contributed by atoms with Crippen LogP contribution in [0.1, 0.15) is 58.3 Å². The lowest BCUT2D eigenvalue weighted by Crippen LogP contribution is -2.52. The standard InChI is InChI=1S/C18H30ClN3O3/c1-7-18(24-11-14-15(19)13(2)20-21(14)6)9-8-10-22(12-18)16(23)25-17(3,4)5/h7-12H2,1-6H3. The van der Waals surface area contributed by atoms with E-state index in [1.165, 1.54) is 0 Å². The summed E-state index contributed by atoms with van der Waals surface area (Å²) in [5, 5.41) is 4.97. The van der Waals surface area contributed by atoms with E-state index in [-0.39, 0.29) is 11.7 Å². The van der Waals surface area contributed by atoms with Crippen molar-refractivity contribution in [1.82, 2.24) is 14.7 Å². The van der Waals surface area contributed by atoms with Crippen LogP contribution in [0, 0.1) is 6.92 Å². The van der Waals surface area contributed by atoms with Crippen LogP contribution in [-0.4, -0.2) is 45.1 Å². The Hall–Kier alpha value is -1.27. The van der Waals surface area contributed by atoms with Crippen molar-refractivity contribution in [1.29, 1.82) is 0 Å². The molecule has 0 N–H and O–H groups in total. The molecule has 1 saturated heterocycles. The number of aryl methyl sites for hydroxylation is 2. The Morgan fingerprint density at radius 2 is 2.08 bits per heavy atom. The maximum absolute atomic E-state index is 12.4. The van der Waals surface area contributed by atoms with Crippen LogP contribution in [0.5, 0.6) is 0 Å². The van der Waals surface area contributed by atoms with Gasteiger partial charge in [0, 0.05) is 13.6 Å². The van der Waals surface area contributed by atoms with Gasteiger partial charge in [-0.2, -0.15) is 5.10 Å². The van der Waals surface area contributed by atoms with Gasteiger partial charge in [-0.3, -0.25) is 4.68 Å². The Kier molecular flexibility index (Phi) is 6.05. The Balaban J connectivity index is 2.07. The molecule has 142 valence electrons. The molecule has 1 amide bonds. The van der Waals surface area contributed by atoms with Crippen molar-refractivity contribution >= 4 is 17.7 Å². The zero-order valence-electron chi connectivity index (χ0n) is 16.2. The minimum Gasteiger partial charge on any atom is -0.444 e. The van der Waals surface area contributed by atoms with E-state index in [9.17, 15) is 4.79 Å². The number of aromatic nitrogens is 2. The summed E-state index contributed by atoms with van der Waals surface area (Å²) in [4.78, 5) is 14.2. The first-order valence-corrected chi connectivity index (χ1v) is 9.24. The van der Waals surface area contributed by atoms with Gasteiger partial charge < -0.3 is 14.4 Å². The number of carbonyl (C=O) groups excluding carboxylic acids is 1. The van der Waals surface area contributed by atoms with Crippen LogP contribution in [0.2, 0.25) is 5.02 Å². The fourth-order valence-corrected chi connectivity index (χ4v) is 3.36. The highest BCUT2D eigenvalue weighted by Crippen LogP contribution is 2.31. The zero-order chi connectivity index (χ0) is 18.8. The third kappa shape index (κ3) is 4.88. The normalized spacial score (nSPS) is 21.5. The molecule has 0 saturated carbocycles. The van der Waals surface area contributed by atoms with Crippen molar-refractivity contribution in [3.63, 3.8) is 0 Å². The Morgan fingerprint density at radius 3 is 2.60 bits per heavy atom. The predicted octanol–water partition coefficient (Wildman–Crippen LogP) is 4.08. The number of hydrogen-bond donors (Lipinski definition) is 0. The number of halogens is 1. The molecule has 1 fully saturated rings. The monoisotopic (exact) mass is 371 g/mol. The summed E-state index contributed by atoms with van der Waals surface area (Å²) in [6.07, 6.45) is 2.35. The molecule has 0 spiro atoms. The number of ether oxygens (including phenoxy) is 2. The zero-order valence-corrected chi connectivity index (χ0v) is 16.9. The molecule has 1 atom stereocenters. The van der Waals surface area contributed by atoms with E-state index in [2.05, 4.69) is 12.0 Å². The van der Waals surface area contributed by atoms with Crippen LogP contribution < -0.4 is 0 Å². The van der Waals surface area contributed by atoms with Gasteiger partial charge in [-0.15, -0.1) is 0 Å². The van der Waals surface area contributed by atoms with Gasteiger partial charge in [-0.05, 0) is 47.0 Å². The van der Waals surface area contributed by atoms with Crippen molar-refractivity contribution < 1.29 is 14.3 Å². The molecule has 2 heterocycles. The fourth-order valence-electron chi connectivity index (χ4n) is 3.15. The van der Waals surface area contributed by atoms with Crippen LogP contribution in [0.3, 0.4) is 0 Å². The lowest BCUT2D eigenvalue weighted by Gasteiger charge is -2.42. The van der Waals surface area contributed by atoms with Gasteiger partial charge in [0.15, 0.2) is 0 Å². The van der Waals surface area contributed by atoms with Crippen LogP contribution in [0.15, 0.2) is 0 Å². The van der Waals surface area contributed by atoms with Crippen molar-refractivity contribution in [3.05, 3.63) is 16.4 Å². The molecule has 1 aliphatic heterocycles. The minimum atomic E-state index is -0.496. The summed E-state index contributed by atoms with van der Waals surface area (Å²) in [5.41, 5.74) is 0.787. The molecule has 6 nitrogen and oxygen atoms in total. The van der Waals surface area contributed by atoms with Crippen LogP contribution in [0.25, 0.3) is 0 Å². The van der Waals surface area contributed by atoms with Gasteiger partial charge in [-0.25, -0.2) is 4.79 Å². The quantitative estimate of drug-likeness (QED) is 0.800. The summed E-state index contributed by atoms with van der Waals surface area (Å²) >= 11 is 6.32. The molecular formula is C18H30ClN3O3. The van der Waals surface area contributed by atoms with Gasteiger partial charge in [0.2, 0.25) is 0 Å². The van der Waals surface area contributed by atoms with Gasteiger partial charge in [0.25, 0.3) is 0 Å². The van der Waals surface area contributed by atoms with Crippen molar-refractivity contribution in [2.75, 3.05) is 13.1 Å². The molecule has 1 aromatic rings. The van der Waals surface area contributed by atoms with Crippen LogP contribution >= 0.6 is 11.6 Å². The van der Waals surface area contributed by atoms with Gasteiger partial charge in [0.05, 0.1) is 35.2 Å². The first kappa shape index (κ1) is 20.0. The highest BCUT2D eigenvalue weighted by atomic mass is 35.5. The molecule has 7 heteroatoms. The molecule has 0 aliphatic carbocycles. The van der Waals surface area contributed by atoms with Gasteiger partial charge in [-0.1, -0.05) is 18.5 Å². The number of likely N-dealkylation sites (tertiary alicyclic amines) is 1. The first-order valence-electron chi connectivity index (χ1n) is 8.87. The molecular weight excluding hydrogens is 342 g/mol. The van der Waals surface area contributed by atoms with E-state index in [1.807, 2.05) is 34.7 Å². The maximum atomic E-state index is 12.4. The summed E-state index contributed by atoms with van der Waals surface area (Å²) in [5.74, 6) is 0. The summed E-state index contributed by atoms with van der Waals surface area (Å²) < 4.78 is 13.6. The third-order valence-electron chi connectivity index (χ3n) is 4.61. The van der Waals surface area contributed by atoms with E-state index in [4.69, 9.17) is 21.1 Å². The summed E-state index contributed by atoms with van der Waals surface area (Å²) in [6, 6.07) is 0. The third-order valence-corrected chi connectivity index (χ3v) is 5.10. The van der Waals surface area contributed by atoms with E-state index < -0.39 is 5.60 Å². The molecule has 1 unspecified atom stereocenters. The molecule has 2 rings (SSSR count). The maximum Gasteiger partial charge on any atom is 0.410 e. The summed E-state index contributed by atoms with van der Waals surface area (Å²) in [7, 11) is 1.87. The minimum absolute atomic E-state index is 0.275. The lowest BCUT2D eigenvalue weighted by molar-refractivity contribution is -0.103. The number of rotatable bonds is 4.